The van der Waals surface area contributed by atoms with Gasteiger partial charge in [-0.3, -0.25) is 9.48 Å². The third-order valence-electron chi connectivity index (χ3n) is 1.67. The minimum absolute atomic E-state index is 0.0842. The molecule has 0 fully saturated rings. The van der Waals surface area contributed by atoms with Crippen molar-refractivity contribution in [2.45, 2.75) is 26.3 Å². The van der Waals surface area contributed by atoms with E-state index >= 15 is 0 Å². The van der Waals surface area contributed by atoms with Crippen molar-refractivity contribution in [1.29, 1.82) is 0 Å². The molecule has 72 valence electrons. The molecular weight excluding hydrogens is 236 g/mol. The first-order valence-corrected chi connectivity index (χ1v) is 4.74. The fourth-order valence-electron chi connectivity index (χ4n) is 1.20. The molecule has 1 N–H and O–H groups in total. The highest BCUT2D eigenvalue weighted by atomic mass is 79.9. The van der Waals surface area contributed by atoms with E-state index in [-0.39, 0.29) is 12.5 Å². The van der Waals surface area contributed by atoms with E-state index in [0.717, 1.165) is 10.2 Å². The van der Waals surface area contributed by atoms with Crippen LogP contribution in [0.1, 0.15) is 25.5 Å². The Bertz CT molecular complexity index is 320. The van der Waals surface area contributed by atoms with Gasteiger partial charge in [0.05, 0.1) is 16.4 Å². The van der Waals surface area contributed by atoms with Crippen molar-refractivity contribution in [3.8, 4) is 0 Å². The summed E-state index contributed by atoms with van der Waals surface area (Å²) in [6, 6.07) is 0. The maximum Gasteiger partial charge on any atom is 0.325 e. The molecule has 0 unspecified atom stereocenters. The lowest BCUT2D eigenvalue weighted by Crippen LogP contribution is -2.13. The molecule has 13 heavy (non-hydrogen) atoms. The Morgan fingerprint density at radius 2 is 2.38 bits per heavy atom. The van der Waals surface area contributed by atoms with Crippen molar-refractivity contribution in [2.24, 2.45) is 0 Å². The molecule has 0 saturated heterocycles. The summed E-state index contributed by atoms with van der Waals surface area (Å²) in [6.45, 7) is 3.92. The Morgan fingerprint density at radius 3 is 2.85 bits per heavy atom. The van der Waals surface area contributed by atoms with Crippen molar-refractivity contribution >= 4 is 21.9 Å². The van der Waals surface area contributed by atoms with Gasteiger partial charge in [0.2, 0.25) is 0 Å². The van der Waals surface area contributed by atoms with Crippen LogP contribution in [0.15, 0.2) is 10.7 Å². The highest BCUT2D eigenvalue weighted by Crippen LogP contribution is 2.23. The van der Waals surface area contributed by atoms with E-state index in [1.807, 2.05) is 13.8 Å². The number of nitrogens with zero attached hydrogens (tertiary/aromatic N) is 2. The van der Waals surface area contributed by atoms with Crippen LogP contribution < -0.4 is 0 Å². The zero-order valence-electron chi connectivity index (χ0n) is 7.49. The van der Waals surface area contributed by atoms with Gasteiger partial charge in [0, 0.05) is 0 Å². The molecule has 1 rings (SSSR count). The molecule has 0 bridgehead atoms. The molecule has 0 aliphatic heterocycles. The number of carbonyl (C=O) groups is 1. The van der Waals surface area contributed by atoms with Crippen molar-refractivity contribution in [3.63, 3.8) is 0 Å². The second-order valence-corrected chi connectivity index (χ2v) is 3.94. The number of hydrogen-bond donors (Lipinski definition) is 1. The maximum absolute atomic E-state index is 10.5. The topological polar surface area (TPSA) is 55.1 Å². The number of aromatic nitrogens is 2. The monoisotopic (exact) mass is 246 g/mol. The lowest BCUT2D eigenvalue weighted by Gasteiger charge is -2.08. The van der Waals surface area contributed by atoms with Gasteiger partial charge in [0.15, 0.2) is 0 Å². The first-order chi connectivity index (χ1) is 6.02. The van der Waals surface area contributed by atoms with E-state index in [2.05, 4.69) is 21.0 Å². The molecule has 1 aromatic rings. The quantitative estimate of drug-likeness (QED) is 0.886. The molecule has 0 amide bonds. The second-order valence-electron chi connectivity index (χ2n) is 3.08. The number of hydrogen-bond acceptors (Lipinski definition) is 2. The van der Waals surface area contributed by atoms with E-state index in [1.54, 1.807) is 6.20 Å². The van der Waals surface area contributed by atoms with Crippen molar-refractivity contribution in [3.05, 3.63) is 16.4 Å². The fourth-order valence-corrected chi connectivity index (χ4v) is 1.95. The van der Waals surface area contributed by atoms with Gasteiger partial charge in [-0.2, -0.15) is 5.10 Å². The molecule has 0 radical (unpaired) electrons. The van der Waals surface area contributed by atoms with Crippen LogP contribution in [-0.2, 0) is 11.3 Å². The zero-order chi connectivity index (χ0) is 10.0. The van der Waals surface area contributed by atoms with E-state index in [1.165, 1.54) is 4.68 Å². The molecular formula is C8H11BrN2O2. The maximum atomic E-state index is 10.5. The van der Waals surface area contributed by atoms with Crippen molar-refractivity contribution in [2.75, 3.05) is 0 Å². The van der Waals surface area contributed by atoms with Gasteiger partial charge in [-0.05, 0) is 21.8 Å². The molecule has 0 saturated carbocycles. The Kier molecular flexibility index (Phi) is 3.08. The van der Waals surface area contributed by atoms with E-state index < -0.39 is 5.97 Å². The SMILES string of the molecule is CC(C)c1c(Br)cnn1CC(=O)O. The van der Waals surface area contributed by atoms with Crippen LogP contribution in [0.2, 0.25) is 0 Å². The van der Waals surface area contributed by atoms with Crippen molar-refractivity contribution < 1.29 is 9.90 Å². The summed E-state index contributed by atoms with van der Waals surface area (Å²) in [5.41, 5.74) is 0.919. The van der Waals surface area contributed by atoms with Crippen LogP contribution >= 0.6 is 15.9 Å². The molecule has 0 aromatic carbocycles. The van der Waals surface area contributed by atoms with E-state index in [9.17, 15) is 4.79 Å². The highest BCUT2D eigenvalue weighted by molar-refractivity contribution is 9.10. The van der Waals surface area contributed by atoms with Gasteiger partial charge >= 0.3 is 5.97 Å². The van der Waals surface area contributed by atoms with Crippen LogP contribution in [0.4, 0.5) is 0 Å². The molecule has 0 spiro atoms. The molecule has 5 heteroatoms. The first kappa shape index (κ1) is 10.2. The Hall–Kier alpha value is -0.840. The van der Waals surface area contributed by atoms with Crippen molar-refractivity contribution in [1.82, 2.24) is 9.78 Å². The predicted octanol–water partition coefficient (Wildman–Crippen LogP) is 1.85. The van der Waals surface area contributed by atoms with Crippen LogP contribution in [0.3, 0.4) is 0 Å². The predicted molar refractivity (Wildman–Crippen MR) is 51.7 cm³/mol. The Labute approximate surface area is 84.7 Å². The van der Waals surface area contributed by atoms with E-state index in [0.29, 0.717) is 0 Å². The van der Waals surface area contributed by atoms with Gasteiger partial charge in [-0.15, -0.1) is 0 Å². The average Bonchev–Trinajstić information content (AvgIpc) is 2.30. The Balaban J connectivity index is 3.00. The van der Waals surface area contributed by atoms with Crippen LogP contribution in [0, 0.1) is 0 Å². The third-order valence-corrected chi connectivity index (χ3v) is 2.28. The van der Waals surface area contributed by atoms with Crippen LogP contribution in [-0.4, -0.2) is 20.9 Å². The summed E-state index contributed by atoms with van der Waals surface area (Å²) in [7, 11) is 0. The highest BCUT2D eigenvalue weighted by Gasteiger charge is 2.13. The summed E-state index contributed by atoms with van der Waals surface area (Å²) in [4.78, 5) is 10.5. The molecule has 0 atom stereocenters. The molecule has 4 nitrogen and oxygen atoms in total. The summed E-state index contributed by atoms with van der Waals surface area (Å²) in [5.74, 6) is -0.617. The van der Waals surface area contributed by atoms with Gasteiger partial charge in [-0.25, -0.2) is 0 Å². The molecule has 0 aliphatic rings. The Morgan fingerprint density at radius 1 is 1.77 bits per heavy atom. The third kappa shape index (κ3) is 2.30. The number of carboxylic acid groups (broad SMARTS) is 1. The molecule has 0 aliphatic carbocycles. The number of halogens is 1. The summed E-state index contributed by atoms with van der Waals surface area (Å²) < 4.78 is 2.36. The largest absolute Gasteiger partial charge is 0.480 e. The standard InChI is InChI=1S/C8H11BrN2O2/c1-5(2)8-6(9)3-10-11(8)4-7(12)13/h3,5H,4H2,1-2H3,(H,12,13). The number of aliphatic carboxylic acids is 1. The normalized spacial score (nSPS) is 10.8. The molecule has 1 heterocycles. The lowest BCUT2D eigenvalue weighted by atomic mass is 10.1. The van der Waals surface area contributed by atoms with Crippen LogP contribution in [0.5, 0.6) is 0 Å². The van der Waals surface area contributed by atoms with E-state index in [4.69, 9.17) is 5.11 Å². The summed E-state index contributed by atoms with van der Waals surface area (Å²) >= 11 is 3.33. The summed E-state index contributed by atoms with van der Waals surface area (Å²) in [6.07, 6.45) is 1.62. The van der Waals surface area contributed by atoms with Gasteiger partial charge in [0.1, 0.15) is 6.54 Å². The van der Waals surface area contributed by atoms with Gasteiger partial charge in [0.25, 0.3) is 0 Å². The number of rotatable bonds is 3. The first-order valence-electron chi connectivity index (χ1n) is 3.95. The second kappa shape index (κ2) is 3.91. The van der Waals surface area contributed by atoms with Gasteiger partial charge in [-0.1, -0.05) is 13.8 Å². The van der Waals surface area contributed by atoms with Crippen LogP contribution in [0.25, 0.3) is 0 Å². The molecule has 1 aromatic heterocycles. The van der Waals surface area contributed by atoms with Gasteiger partial charge < -0.3 is 5.11 Å². The minimum Gasteiger partial charge on any atom is -0.480 e. The average molecular weight is 247 g/mol. The zero-order valence-corrected chi connectivity index (χ0v) is 9.08. The fraction of sp³-hybridized carbons (Fsp3) is 0.500. The minimum atomic E-state index is -0.877. The summed E-state index contributed by atoms with van der Waals surface area (Å²) in [5, 5.41) is 12.6. The number of carboxylic acids is 1. The lowest BCUT2D eigenvalue weighted by molar-refractivity contribution is -0.137. The smallest absolute Gasteiger partial charge is 0.325 e.